The Hall–Kier alpha value is -2.22. The first kappa shape index (κ1) is 17.2. The molecule has 1 aliphatic heterocycles. The van der Waals surface area contributed by atoms with Gasteiger partial charge in [0.15, 0.2) is 5.13 Å². The molecule has 1 saturated heterocycles. The highest BCUT2D eigenvalue weighted by Crippen LogP contribution is 2.20. The van der Waals surface area contributed by atoms with Crippen molar-refractivity contribution >= 4 is 33.3 Å². The average molecular weight is 370 g/mol. The number of anilines is 1. The quantitative estimate of drug-likeness (QED) is 0.750. The predicted octanol–water partition coefficient (Wildman–Crippen LogP) is 2.88. The monoisotopic (exact) mass is 370 g/mol. The van der Waals surface area contributed by atoms with Crippen molar-refractivity contribution in [3.05, 3.63) is 47.1 Å². The number of morpholine rings is 1. The summed E-state index contributed by atoms with van der Waals surface area (Å²) in [5, 5.41) is 6.76. The summed E-state index contributed by atoms with van der Waals surface area (Å²) in [6.07, 6.45) is 0. The molecule has 0 atom stereocenters. The first-order valence-electron chi connectivity index (χ1n) is 8.78. The number of hydrogen-bond acceptors (Lipinski definition) is 5. The van der Waals surface area contributed by atoms with Gasteiger partial charge >= 0.3 is 0 Å². The highest BCUT2D eigenvalue weighted by Gasteiger charge is 2.14. The number of fused-ring (bicyclic) bond motifs is 1. The predicted molar refractivity (Wildman–Crippen MR) is 104 cm³/mol. The van der Waals surface area contributed by atoms with Crippen molar-refractivity contribution in [2.24, 2.45) is 0 Å². The first-order chi connectivity index (χ1) is 12.7. The van der Waals surface area contributed by atoms with Crippen LogP contribution in [0.3, 0.4) is 0 Å². The molecule has 1 fully saturated rings. The molecule has 0 aliphatic carbocycles. The van der Waals surface area contributed by atoms with Gasteiger partial charge in [-0.05, 0) is 24.4 Å². The van der Waals surface area contributed by atoms with E-state index >= 15 is 0 Å². The van der Waals surface area contributed by atoms with E-state index in [4.69, 9.17) is 4.74 Å². The summed E-state index contributed by atoms with van der Waals surface area (Å²) in [7, 11) is 0. The maximum Gasteiger partial charge on any atom is 0.246 e. The Kier molecular flexibility index (Phi) is 5.01. The Labute approximate surface area is 156 Å². The molecule has 26 heavy (non-hydrogen) atoms. The lowest BCUT2D eigenvalue weighted by Crippen LogP contribution is -2.35. The van der Waals surface area contributed by atoms with Crippen LogP contribution in [0.25, 0.3) is 10.9 Å². The van der Waals surface area contributed by atoms with E-state index in [0.717, 1.165) is 55.1 Å². The van der Waals surface area contributed by atoms with E-state index in [1.165, 1.54) is 11.3 Å². The standard InChI is InChI=1S/C19H22N4O2S/c1-14-10-15-4-2-3-5-17(15)23(14)12-18(24)21-19-20-16(13-26-19)11-22-6-8-25-9-7-22/h2-5,10,13H,6-9,11-12H2,1H3,(H,20,21,24). The largest absolute Gasteiger partial charge is 0.379 e. The van der Waals surface area contributed by atoms with Gasteiger partial charge in [0.25, 0.3) is 0 Å². The van der Waals surface area contributed by atoms with E-state index in [1.54, 1.807) is 0 Å². The van der Waals surface area contributed by atoms with Gasteiger partial charge in [0, 0.05) is 36.2 Å². The van der Waals surface area contributed by atoms with E-state index in [0.29, 0.717) is 5.13 Å². The third-order valence-electron chi connectivity index (χ3n) is 4.61. The molecule has 0 unspecified atom stereocenters. The van der Waals surface area contributed by atoms with Gasteiger partial charge in [-0.2, -0.15) is 0 Å². The Bertz CT molecular complexity index is 911. The fraction of sp³-hybridized carbons (Fsp3) is 0.368. The number of nitrogens with zero attached hydrogens (tertiary/aromatic N) is 3. The molecule has 136 valence electrons. The van der Waals surface area contributed by atoms with Gasteiger partial charge in [-0.15, -0.1) is 11.3 Å². The lowest BCUT2D eigenvalue weighted by atomic mass is 10.2. The number of thiazole rings is 1. The summed E-state index contributed by atoms with van der Waals surface area (Å²) < 4.78 is 7.40. The van der Waals surface area contributed by atoms with Gasteiger partial charge in [-0.3, -0.25) is 9.69 Å². The van der Waals surface area contributed by atoms with E-state index in [-0.39, 0.29) is 12.5 Å². The molecule has 6 nitrogen and oxygen atoms in total. The van der Waals surface area contributed by atoms with Gasteiger partial charge in [0.05, 0.1) is 18.9 Å². The Balaban J connectivity index is 1.39. The number of para-hydroxylation sites is 1. The van der Waals surface area contributed by atoms with Crippen molar-refractivity contribution in [2.45, 2.75) is 20.0 Å². The number of nitrogens with one attached hydrogen (secondary N) is 1. The van der Waals surface area contributed by atoms with Crippen LogP contribution in [0.1, 0.15) is 11.4 Å². The zero-order valence-electron chi connectivity index (χ0n) is 14.8. The fourth-order valence-electron chi connectivity index (χ4n) is 3.29. The number of ether oxygens (including phenoxy) is 1. The summed E-state index contributed by atoms with van der Waals surface area (Å²) in [6.45, 7) is 6.53. The topological polar surface area (TPSA) is 59.4 Å². The van der Waals surface area contributed by atoms with Crippen molar-refractivity contribution in [1.82, 2.24) is 14.5 Å². The summed E-state index contributed by atoms with van der Waals surface area (Å²) in [6, 6.07) is 10.2. The lowest BCUT2D eigenvalue weighted by Gasteiger charge is -2.25. The van der Waals surface area contributed by atoms with Crippen molar-refractivity contribution in [3.8, 4) is 0 Å². The molecule has 7 heteroatoms. The molecule has 1 N–H and O–H groups in total. The fourth-order valence-corrected chi connectivity index (χ4v) is 4.00. The number of aryl methyl sites for hydroxylation is 1. The molecule has 2 aromatic heterocycles. The third kappa shape index (κ3) is 3.80. The third-order valence-corrected chi connectivity index (χ3v) is 5.41. The molecular weight excluding hydrogens is 348 g/mol. The highest BCUT2D eigenvalue weighted by atomic mass is 32.1. The van der Waals surface area contributed by atoms with Crippen LogP contribution < -0.4 is 5.32 Å². The van der Waals surface area contributed by atoms with Crippen LogP contribution in [-0.2, 0) is 22.6 Å². The molecule has 1 aliphatic rings. The SMILES string of the molecule is Cc1cc2ccccc2n1CC(=O)Nc1nc(CN2CCOCC2)cs1. The van der Waals surface area contributed by atoms with Crippen LogP contribution >= 0.6 is 11.3 Å². The number of hydrogen-bond donors (Lipinski definition) is 1. The van der Waals surface area contributed by atoms with Crippen molar-refractivity contribution in [1.29, 1.82) is 0 Å². The maximum absolute atomic E-state index is 12.5. The number of aromatic nitrogens is 2. The minimum atomic E-state index is -0.0540. The number of rotatable bonds is 5. The van der Waals surface area contributed by atoms with Crippen LogP contribution in [0.5, 0.6) is 0 Å². The van der Waals surface area contributed by atoms with Gasteiger partial charge in [-0.25, -0.2) is 4.98 Å². The van der Waals surface area contributed by atoms with E-state index < -0.39 is 0 Å². The lowest BCUT2D eigenvalue weighted by molar-refractivity contribution is -0.116. The van der Waals surface area contributed by atoms with E-state index in [1.807, 2.05) is 35.1 Å². The van der Waals surface area contributed by atoms with Crippen LogP contribution in [0, 0.1) is 6.92 Å². The molecule has 1 aromatic carbocycles. The van der Waals surface area contributed by atoms with Gasteiger partial charge in [-0.1, -0.05) is 18.2 Å². The minimum absolute atomic E-state index is 0.0540. The van der Waals surface area contributed by atoms with Crippen LogP contribution in [0.15, 0.2) is 35.7 Å². The van der Waals surface area contributed by atoms with Crippen molar-refractivity contribution in [2.75, 3.05) is 31.6 Å². The normalized spacial score (nSPS) is 15.4. The number of carbonyl (C=O) groups excluding carboxylic acids is 1. The highest BCUT2D eigenvalue weighted by molar-refractivity contribution is 7.13. The number of carbonyl (C=O) groups is 1. The van der Waals surface area contributed by atoms with E-state index in [9.17, 15) is 4.79 Å². The molecule has 1 amide bonds. The average Bonchev–Trinajstić information content (AvgIpc) is 3.20. The zero-order valence-corrected chi connectivity index (χ0v) is 15.6. The summed E-state index contributed by atoms with van der Waals surface area (Å²) >= 11 is 1.48. The molecule has 3 aromatic rings. The summed E-state index contributed by atoms with van der Waals surface area (Å²) in [5.41, 5.74) is 3.15. The second kappa shape index (κ2) is 7.57. The van der Waals surface area contributed by atoms with Crippen LogP contribution in [-0.4, -0.2) is 46.7 Å². The van der Waals surface area contributed by atoms with Gasteiger partial charge < -0.3 is 14.6 Å². The molecule has 0 spiro atoms. The van der Waals surface area contributed by atoms with Gasteiger partial charge in [0.2, 0.25) is 5.91 Å². The zero-order chi connectivity index (χ0) is 17.9. The molecule has 0 radical (unpaired) electrons. The molecule has 0 saturated carbocycles. The Morgan fingerprint density at radius 3 is 2.96 bits per heavy atom. The molecule has 4 rings (SSSR count). The Morgan fingerprint density at radius 1 is 1.31 bits per heavy atom. The number of benzene rings is 1. The Morgan fingerprint density at radius 2 is 2.12 bits per heavy atom. The van der Waals surface area contributed by atoms with Crippen LogP contribution in [0.2, 0.25) is 0 Å². The summed E-state index contributed by atoms with van der Waals surface area (Å²) in [5.74, 6) is -0.0540. The van der Waals surface area contributed by atoms with Crippen molar-refractivity contribution < 1.29 is 9.53 Å². The number of amides is 1. The first-order valence-corrected chi connectivity index (χ1v) is 9.66. The van der Waals surface area contributed by atoms with Gasteiger partial charge in [0.1, 0.15) is 6.54 Å². The maximum atomic E-state index is 12.5. The van der Waals surface area contributed by atoms with Crippen molar-refractivity contribution in [3.63, 3.8) is 0 Å². The second-order valence-corrected chi connectivity index (χ2v) is 7.37. The molecule has 0 bridgehead atoms. The van der Waals surface area contributed by atoms with E-state index in [2.05, 4.69) is 27.3 Å². The second-order valence-electron chi connectivity index (χ2n) is 6.51. The van der Waals surface area contributed by atoms with Crippen LogP contribution in [0.4, 0.5) is 5.13 Å². The minimum Gasteiger partial charge on any atom is -0.379 e. The molecular formula is C19H22N4O2S. The summed E-state index contributed by atoms with van der Waals surface area (Å²) in [4.78, 5) is 19.4. The smallest absolute Gasteiger partial charge is 0.246 e. The molecule has 3 heterocycles.